The van der Waals surface area contributed by atoms with Crippen LogP contribution in [0.1, 0.15) is 17.7 Å². The first-order valence-corrected chi connectivity index (χ1v) is 6.52. The third kappa shape index (κ3) is 2.45. The Kier molecular flexibility index (Phi) is 3.14. The lowest BCUT2D eigenvalue weighted by molar-refractivity contribution is 0.805. The maximum atomic E-state index is 3.25. The Morgan fingerprint density at radius 2 is 1.67 bits per heavy atom. The maximum Gasteiger partial charge on any atom is 0.0147 e. The average Bonchev–Trinajstić information content (AvgIpc) is 2.92. The lowest BCUT2D eigenvalue weighted by Crippen LogP contribution is -1.90. The van der Waals surface area contributed by atoms with E-state index < -0.39 is 0 Å². The van der Waals surface area contributed by atoms with Crippen LogP contribution in [-0.2, 0) is 12.8 Å². The van der Waals surface area contributed by atoms with Crippen LogP contribution in [-0.4, -0.2) is 4.98 Å². The van der Waals surface area contributed by atoms with Crippen LogP contribution in [0.3, 0.4) is 0 Å². The molecule has 0 unspecified atom stereocenters. The van der Waals surface area contributed by atoms with E-state index in [9.17, 15) is 0 Å². The van der Waals surface area contributed by atoms with Gasteiger partial charge in [-0.1, -0.05) is 42.5 Å². The number of hydrogen-bond acceptors (Lipinski definition) is 0. The van der Waals surface area contributed by atoms with Gasteiger partial charge in [0.05, 0.1) is 0 Å². The highest BCUT2D eigenvalue weighted by Gasteiger charge is 1.98. The first-order valence-electron chi connectivity index (χ1n) is 6.52. The molecule has 1 aromatic heterocycles. The van der Waals surface area contributed by atoms with Crippen molar-refractivity contribution in [1.29, 1.82) is 0 Å². The fraction of sp³-hybridized carbons (Fsp3) is 0.176. The summed E-state index contributed by atoms with van der Waals surface area (Å²) in [5, 5.41) is 2.67. The van der Waals surface area contributed by atoms with Gasteiger partial charge in [0.25, 0.3) is 0 Å². The predicted molar refractivity (Wildman–Crippen MR) is 76.8 cm³/mol. The van der Waals surface area contributed by atoms with Crippen molar-refractivity contribution in [2.24, 2.45) is 0 Å². The third-order valence-corrected chi connectivity index (χ3v) is 3.39. The second-order valence-corrected chi connectivity index (χ2v) is 4.73. The summed E-state index contributed by atoms with van der Waals surface area (Å²) < 4.78 is 0. The number of hydrogen-bond donors (Lipinski definition) is 1. The summed E-state index contributed by atoms with van der Waals surface area (Å²) in [7, 11) is 0. The van der Waals surface area contributed by atoms with Crippen molar-refractivity contribution in [3.8, 4) is 0 Å². The van der Waals surface area contributed by atoms with E-state index in [4.69, 9.17) is 0 Å². The molecule has 18 heavy (non-hydrogen) atoms. The number of rotatable bonds is 4. The molecule has 0 aliphatic heterocycles. The van der Waals surface area contributed by atoms with Gasteiger partial charge < -0.3 is 4.98 Å². The van der Waals surface area contributed by atoms with E-state index in [0.29, 0.717) is 0 Å². The molecule has 3 aromatic rings. The van der Waals surface area contributed by atoms with Crippen molar-refractivity contribution < 1.29 is 0 Å². The molecule has 1 heteroatoms. The van der Waals surface area contributed by atoms with Crippen LogP contribution in [0.25, 0.3) is 10.8 Å². The minimum atomic E-state index is 1.12. The quantitative estimate of drug-likeness (QED) is 0.692. The number of aryl methyl sites for hydroxylation is 2. The molecule has 90 valence electrons. The Balaban J connectivity index is 1.67. The molecule has 1 heterocycles. The highest BCUT2D eigenvalue weighted by atomic mass is 14.7. The monoisotopic (exact) mass is 235 g/mol. The molecule has 0 spiro atoms. The van der Waals surface area contributed by atoms with E-state index in [2.05, 4.69) is 59.6 Å². The molecule has 0 aliphatic rings. The molecular weight excluding hydrogens is 218 g/mol. The molecule has 0 fully saturated rings. The molecule has 0 bridgehead atoms. The van der Waals surface area contributed by atoms with Gasteiger partial charge in [-0.3, -0.25) is 0 Å². The number of nitrogens with one attached hydrogen (secondary N) is 1. The SMILES string of the molecule is c1c[nH]c(CCCc2ccc3ccccc3c2)c1. The Morgan fingerprint density at radius 3 is 2.50 bits per heavy atom. The summed E-state index contributed by atoms with van der Waals surface area (Å²) in [5.74, 6) is 0. The number of aromatic amines is 1. The van der Waals surface area contributed by atoms with Gasteiger partial charge in [0.2, 0.25) is 0 Å². The molecule has 1 nitrogen and oxygen atoms in total. The number of fused-ring (bicyclic) bond motifs is 1. The summed E-state index contributed by atoms with van der Waals surface area (Å²) >= 11 is 0. The highest BCUT2D eigenvalue weighted by Crippen LogP contribution is 2.17. The van der Waals surface area contributed by atoms with Gasteiger partial charge >= 0.3 is 0 Å². The second kappa shape index (κ2) is 5.09. The van der Waals surface area contributed by atoms with Crippen LogP contribution in [0.15, 0.2) is 60.8 Å². The Bertz CT molecular complexity index is 623. The van der Waals surface area contributed by atoms with E-state index in [1.807, 2.05) is 6.20 Å². The molecule has 0 amide bonds. The van der Waals surface area contributed by atoms with Crippen molar-refractivity contribution in [2.45, 2.75) is 19.3 Å². The van der Waals surface area contributed by atoms with Crippen molar-refractivity contribution in [1.82, 2.24) is 4.98 Å². The molecular formula is C17H17N. The lowest BCUT2D eigenvalue weighted by Gasteiger charge is -2.03. The summed E-state index contributed by atoms with van der Waals surface area (Å²) in [6.07, 6.45) is 5.45. The summed E-state index contributed by atoms with van der Waals surface area (Å²) in [6.45, 7) is 0. The van der Waals surface area contributed by atoms with Crippen LogP contribution in [0, 0.1) is 0 Å². The van der Waals surface area contributed by atoms with Crippen LogP contribution in [0.4, 0.5) is 0 Å². The van der Waals surface area contributed by atoms with E-state index in [1.54, 1.807) is 0 Å². The molecule has 0 aliphatic carbocycles. The van der Waals surface area contributed by atoms with Crippen molar-refractivity contribution in [3.63, 3.8) is 0 Å². The normalized spacial score (nSPS) is 10.9. The summed E-state index contributed by atoms with van der Waals surface area (Å²) in [4.78, 5) is 3.25. The molecule has 1 N–H and O–H groups in total. The number of benzene rings is 2. The van der Waals surface area contributed by atoms with Crippen LogP contribution in [0.5, 0.6) is 0 Å². The lowest BCUT2D eigenvalue weighted by atomic mass is 10.0. The standard InChI is InChI=1S/C17H17N/c1-2-7-16-13-14(10-11-15(16)6-1)5-3-8-17-9-4-12-18-17/h1-2,4,6-7,9-13,18H,3,5,8H2. The summed E-state index contributed by atoms with van der Waals surface area (Å²) in [6, 6.07) is 19.5. The molecule has 2 aromatic carbocycles. The van der Waals surface area contributed by atoms with Crippen molar-refractivity contribution >= 4 is 10.8 Å². The van der Waals surface area contributed by atoms with Crippen LogP contribution < -0.4 is 0 Å². The zero-order valence-electron chi connectivity index (χ0n) is 10.4. The first-order chi connectivity index (χ1) is 8.92. The van der Waals surface area contributed by atoms with Gasteiger partial charge in [0.15, 0.2) is 0 Å². The fourth-order valence-electron chi connectivity index (χ4n) is 2.40. The van der Waals surface area contributed by atoms with Gasteiger partial charge in [0.1, 0.15) is 0 Å². The Hall–Kier alpha value is -2.02. The number of H-pyrrole nitrogens is 1. The van der Waals surface area contributed by atoms with Crippen molar-refractivity contribution in [2.75, 3.05) is 0 Å². The van der Waals surface area contributed by atoms with Crippen LogP contribution in [0.2, 0.25) is 0 Å². The van der Waals surface area contributed by atoms with E-state index in [1.165, 1.54) is 28.5 Å². The highest BCUT2D eigenvalue weighted by molar-refractivity contribution is 5.82. The largest absolute Gasteiger partial charge is 0.365 e. The smallest absolute Gasteiger partial charge is 0.0147 e. The van der Waals surface area contributed by atoms with Crippen LogP contribution >= 0.6 is 0 Å². The summed E-state index contributed by atoms with van der Waals surface area (Å²) in [5.41, 5.74) is 2.76. The molecule has 3 rings (SSSR count). The molecule has 0 saturated carbocycles. The van der Waals surface area contributed by atoms with E-state index in [0.717, 1.165) is 12.8 Å². The van der Waals surface area contributed by atoms with E-state index >= 15 is 0 Å². The van der Waals surface area contributed by atoms with Gasteiger partial charge in [-0.15, -0.1) is 0 Å². The maximum absolute atomic E-state index is 3.25. The van der Waals surface area contributed by atoms with Gasteiger partial charge in [-0.05, 0) is 47.7 Å². The zero-order chi connectivity index (χ0) is 12.2. The minimum Gasteiger partial charge on any atom is -0.365 e. The fourth-order valence-corrected chi connectivity index (χ4v) is 2.40. The van der Waals surface area contributed by atoms with Gasteiger partial charge in [-0.2, -0.15) is 0 Å². The predicted octanol–water partition coefficient (Wildman–Crippen LogP) is 4.34. The third-order valence-electron chi connectivity index (χ3n) is 3.39. The molecule has 0 saturated heterocycles. The van der Waals surface area contributed by atoms with E-state index in [-0.39, 0.29) is 0 Å². The topological polar surface area (TPSA) is 15.8 Å². The average molecular weight is 235 g/mol. The number of aromatic nitrogens is 1. The zero-order valence-corrected chi connectivity index (χ0v) is 10.4. The van der Waals surface area contributed by atoms with Crippen molar-refractivity contribution in [3.05, 3.63) is 72.1 Å². The first kappa shape index (κ1) is 11.1. The van der Waals surface area contributed by atoms with Gasteiger partial charge in [0, 0.05) is 11.9 Å². The Labute approximate surface area is 107 Å². The second-order valence-electron chi connectivity index (χ2n) is 4.73. The molecule has 0 radical (unpaired) electrons. The molecule has 0 atom stereocenters. The Morgan fingerprint density at radius 1 is 0.778 bits per heavy atom. The minimum absolute atomic E-state index is 1.12. The van der Waals surface area contributed by atoms with Gasteiger partial charge in [-0.25, -0.2) is 0 Å².